The Balaban J connectivity index is 1.94. The molecular weight excluding hydrogens is 310 g/mol. The smallest absolute Gasteiger partial charge is 0.335 e. The number of carbonyl (C=O) groups is 3. The maximum atomic E-state index is 11.8. The molecule has 0 aliphatic rings. The van der Waals surface area contributed by atoms with Crippen molar-refractivity contribution < 1.29 is 24.2 Å². The van der Waals surface area contributed by atoms with Crippen molar-refractivity contribution in [3.05, 3.63) is 65.7 Å². The molecule has 0 aliphatic carbocycles. The number of hydrogen-bond acceptors (Lipinski definition) is 4. The normalized spacial score (nSPS) is 10.4. The van der Waals surface area contributed by atoms with Crippen LogP contribution in [0.15, 0.2) is 54.6 Å². The van der Waals surface area contributed by atoms with Crippen LogP contribution >= 0.6 is 0 Å². The summed E-state index contributed by atoms with van der Waals surface area (Å²) in [7, 11) is 0. The van der Waals surface area contributed by atoms with Crippen molar-refractivity contribution in [3.63, 3.8) is 0 Å². The van der Waals surface area contributed by atoms with Gasteiger partial charge in [0.1, 0.15) is 5.75 Å². The van der Waals surface area contributed by atoms with E-state index in [1.165, 1.54) is 37.3 Å². The number of esters is 1. The average Bonchev–Trinajstić information content (AvgIpc) is 2.54. The third kappa shape index (κ3) is 5.10. The van der Waals surface area contributed by atoms with E-state index >= 15 is 0 Å². The molecule has 2 aromatic carbocycles. The number of carboxylic acid groups (broad SMARTS) is 1. The third-order valence-electron chi connectivity index (χ3n) is 2.97. The van der Waals surface area contributed by atoms with Crippen molar-refractivity contribution in [1.29, 1.82) is 0 Å². The second-order valence-electron chi connectivity index (χ2n) is 4.87. The Labute approximate surface area is 138 Å². The Morgan fingerprint density at radius 3 is 2.17 bits per heavy atom. The van der Waals surface area contributed by atoms with Crippen LogP contribution in [0.3, 0.4) is 0 Å². The Morgan fingerprint density at radius 2 is 1.62 bits per heavy atom. The Kier molecular flexibility index (Phi) is 5.46. The van der Waals surface area contributed by atoms with Gasteiger partial charge in [-0.05, 0) is 48.0 Å². The lowest BCUT2D eigenvalue weighted by Crippen LogP contribution is -2.08. The molecule has 0 heterocycles. The topological polar surface area (TPSA) is 92.7 Å². The fraction of sp³-hybridized carbons (Fsp3) is 0.0556. The van der Waals surface area contributed by atoms with Gasteiger partial charge in [0.2, 0.25) is 5.91 Å². The van der Waals surface area contributed by atoms with E-state index in [9.17, 15) is 14.4 Å². The molecule has 0 aliphatic heterocycles. The lowest BCUT2D eigenvalue weighted by Gasteiger charge is -2.03. The van der Waals surface area contributed by atoms with E-state index in [4.69, 9.17) is 9.84 Å². The van der Waals surface area contributed by atoms with Crippen LogP contribution in [0, 0.1) is 0 Å². The van der Waals surface area contributed by atoms with Crippen molar-refractivity contribution in [2.45, 2.75) is 6.92 Å². The fourth-order valence-electron chi connectivity index (χ4n) is 1.86. The minimum atomic E-state index is -1.02. The predicted molar refractivity (Wildman–Crippen MR) is 88.8 cm³/mol. The number of nitrogens with one attached hydrogen (secondary N) is 1. The summed E-state index contributed by atoms with van der Waals surface area (Å²) in [6, 6.07) is 12.5. The van der Waals surface area contributed by atoms with Gasteiger partial charge in [-0.15, -0.1) is 0 Å². The van der Waals surface area contributed by atoms with Gasteiger partial charge in [0.25, 0.3) is 0 Å². The zero-order valence-corrected chi connectivity index (χ0v) is 12.9. The molecule has 0 unspecified atom stereocenters. The van der Waals surface area contributed by atoms with Gasteiger partial charge in [-0.25, -0.2) is 4.79 Å². The molecule has 0 fully saturated rings. The lowest BCUT2D eigenvalue weighted by molar-refractivity contribution is -0.131. The molecule has 1 amide bonds. The Morgan fingerprint density at radius 1 is 1.00 bits per heavy atom. The van der Waals surface area contributed by atoms with E-state index in [1.54, 1.807) is 30.3 Å². The molecule has 2 N–H and O–H groups in total. The van der Waals surface area contributed by atoms with Gasteiger partial charge in [-0.3, -0.25) is 9.59 Å². The van der Waals surface area contributed by atoms with Crippen LogP contribution in [0.25, 0.3) is 6.08 Å². The number of ether oxygens (including phenoxy) is 1. The van der Waals surface area contributed by atoms with Crippen molar-refractivity contribution in [2.75, 3.05) is 5.32 Å². The SMILES string of the molecule is CC(=O)Oc1ccc(C=CC(=O)Nc2ccc(C(=O)O)cc2)cc1. The Bertz CT molecular complexity index is 776. The molecule has 0 radical (unpaired) electrons. The van der Waals surface area contributed by atoms with Gasteiger partial charge < -0.3 is 15.2 Å². The monoisotopic (exact) mass is 325 g/mol. The summed E-state index contributed by atoms with van der Waals surface area (Å²) in [6.45, 7) is 1.32. The summed E-state index contributed by atoms with van der Waals surface area (Å²) in [5, 5.41) is 11.4. The van der Waals surface area contributed by atoms with E-state index < -0.39 is 11.9 Å². The second kappa shape index (κ2) is 7.73. The quantitative estimate of drug-likeness (QED) is 0.501. The highest BCUT2D eigenvalue weighted by Crippen LogP contribution is 2.14. The molecule has 2 rings (SSSR count). The van der Waals surface area contributed by atoms with Crippen molar-refractivity contribution >= 4 is 29.6 Å². The molecule has 0 saturated heterocycles. The van der Waals surface area contributed by atoms with Gasteiger partial charge in [-0.2, -0.15) is 0 Å². The molecule has 0 saturated carbocycles. The zero-order chi connectivity index (χ0) is 17.5. The van der Waals surface area contributed by atoms with Crippen molar-refractivity contribution in [3.8, 4) is 5.75 Å². The van der Waals surface area contributed by atoms with Crippen LogP contribution in [0.2, 0.25) is 0 Å². The first kappa shape index (κ1) is 17.0. The number of benzene rings is 2. The van der Waals surface area contributed by atoms with Crippen LogP contribution in [0.5, 0.6) is 5.75 Å². The number of anilines is 1. The number of carbonyl (C=O) groups excluding carboxylic acids is 2. The van der Waals surface area contributed by atoms with E-state index in [0.717, 1.165) is 5.56 Å². The summed E-state index contributed by atoms with van der Waals surface area (Å²) in [6.07, 6.45) is 2.96. The third-order valence-corrected chi connectivity index (χ3v) is 2.97. The molecule has 6 nitrogen and oxygen atoms in total. The maximum Gasteiger partial charge on any atom is 0.335 e. The van der Waals surface area contributed by atoms with Gasteiger partial charge in [0.05, 0.1) is 5.56 Å². The van der Waals surface area contributed by atoms with Gasteiger partial charge in [-0.1, -0.05) is 12.1 Å². The first-order valence-electron chi connectivity index (χ1n) is 7.05. The summed E-state index contributed by atoms with van der Waals surface area (Å²) >= 11 is 0. The van der Waals surface area contributed by atoms with Crippen molar-refractivity contribution in [1.82, 2.24) is 0 Å². The minimum Gasteiger partial charge on any atom is -0.478 e. The molecule has 2 aromatic rings. The highest BCUT2D eigenvalue weighted by molar-refractivity contribution is 6.02. The molecule has 122 valence electrons. The molecular formula is C18H15NO5. The number of rotatable bonds is 5. The summed E-state index contributed by atoms with van der Waals surface area (Å²) < 4.78 is 4.92. The van der Waals surface area contributed by atoms with E-state index in [0.29, 0.717) is 11.4 Å². The van der Waals surface area contributed by atoms with Gasteiger partial charge >= 0.3 is 11.9 Å². The standard InChI is InChI=1S/C18H15NO5/c1-12(20)24-16-9-2-13(3-10-16)4-11-17(21)19-15-7-5-14(6-8-15)18(22)23/h2-11H,1H3,(H,19,21)(H,22,23). The zero-order valence-electron chi connectivity index (χ0n) is 12.9. The molecule has 24 heavy (non-hydrogen) atoms. The lowest BCUT2D eigenvalue weighted by atomic mass is 10.2. The van der Waals surface area contributed by atoms with E-state index in [-0.39, 0.29) is 11.5 Å². The predicted octanol–water partition coefficient (Wildman–Crippen LogP) is 2.96. The largest absolute Gasteiger partial charge is 0.478 e. The highest BCUT2D eigenvalue weighted by Gasteiger charge is 2.03. The molecule has 0 bridgehead atoms. The summed E-state index contributed by atoms with van der Waals surface area (Å²) in [4.78, 5) is 33.4. The first-order valence-corrected chi connectivity index (χ1v) is 7.05. The minimum absolute atomic E-state index is 0.149. The van der Waals surface area contributed by atoms with E-state index in [1.807, 2.05) is 0 Å². The number of aromatic carboxylic acids is 1. The number of hydrogen-bond donors (Lipinski definition) is 2. The number of carboxylic acids is 1. The van der Waals surface area contributed by atoms with Crippen LogP contribution in [-0.4, -0.2) is 23.0 Å². The first-order chi connectivity index (χ1) is 11.4. The van der Waals surface area contributed by atoms with E-state index in [2.05, 4.69) is 5.32 Å². The molecule has 0 aromatic heterocycles. The average molecular weight is 325 g/mol. The van der Waals surface area contributed by atoms with Crippen LogP contribution in [0.1, 0.15) is 22.8 Å². The van der Waals surface area contributed by atoms with Gasteiger partial charge in [0, 0.05) is 18.7 Å². The van der Waals surface area contributed by atoms with Crippen molar-refractivity contribution in [2.24, 2.45) is 0 Å². The Hall–Kier alpha value is -3.41. The molecule has 6 heteroatoms. The maximum absolute atomic E-state index is 11.8. The van der Waals surface area contributed by atoms with Crippen LogP contribution in [0.4, 0.5) is 5.69 Å². The van der Waals surface area contributed by atoms with Gasteiger partial charge in [0.15, 0.2) is 0 Å². The summed E-state index contributed by atoms with van der Waals surface area (Å²) in [5.74, 6) is -1.33. The van der Waals surface area contributed by atoms with Crippen LogP contribution < -0.4 is 10.1 Å². The molecule has 0 atom stereocenters. The second-order valence-corrected chi connectivity index (χ2v) is 4.87. The highest BCUT2D eigenvalue weighted by atomic mass is 16.5. The fourth-order valence-corrected chi connectivity index (χ4v) is 1.86. The van der Waals surface area contributed by atoms with Crippen LogP contribution in [-0.2, 0) is 9.59 Å². The molecule has 0 spiro atoms. The summed E-state index contributed by atoms with van der Waals surface area (Å²) in [5.41, 5.74) is 1.42. The number of amides is 1.